The van der Waals surface area contributed by atoms with Crippen LogP contribution in [-0.4, -0.2) is 25.5 Å². The van der Waals surface area contributed by atoms with Crippen LogP contribution in [0, 0.1) is 0 Å². The van der Waals surface area contributed by atoms with Crippen molar-refractivity contribution in [2.45, 2.75) is 4.90 Å². The fourth-order valence-corrected chi connectivity index (χ4v) is 2.17. The summed E-state index contributed by atoms with van der Waals surface area (Å²) < 4.78 is 39.5. The first-order chi connectivity index (χ1) is 10.3. The first-order valence-electron chi connectivity index (χ1n) is 5.88. The van der Waals surface area contributed by atoms with Crippen LogP contribution in [0.15, 0.2) is 53.4 Å². The Labute approximate surface area is 125 Å². The van der Waals surface area contributed by atoms with E-state index in [-0.39, 0.29) is 16.9 Å². The van der Waals surface area contributed by atoms with Gasteiger partial charge in [0, 0.05) is 0 Å². The van der Waals surface area contributed by atoms with Gasteiger partial charge >= 0.3 is 22.2 Å². The maximum Gasteiger partial charge on any atom is 0.343 e. The van der Waals surface area contributed by atoms with Gasteiger partial charge in [0.05, 0.1) is 10.5 Å². The van der Waals surface area contributed by atoms with Gasteiger partial charge in [0.25, 0.3) is 0 Å². The van der Waals surface area contributed by atoms with Gasteiger partial charge in [-0.05, 0) is 30.3 Å². The van der Waals surface area contributed by atoms with Crippen LogP contribution in [0.25, 0.3) is 0 Å². The van der Waals surface area contributed by atoms with Crippen LogP contribution in [0.2, 0.25) is 0 Å². The zero-order chi connectivity index (χ0) is 16.3. The smallest absolute Gasteiger partial charge is 0.343 e. The standard InChI is InChI=1S/C14H9FO6S/c15-22(19,20)10-5-3-4-9(8-10)14(18)21-12-7-2-1-6-11(12)13(16)17/h1-8H,(H,16,17). The average Bonchev–Trinajstić information content (AvgIpc) is 2.47. The lowest BCUT2D eigenvalue weighted by molar-refractivity contribution is 0.0681. The van der Waals surface area contributed by atoms with E-state index < -0.39 is 27.1 Å². The molecule has 8 heteroatoms. The summed E-state index contributed by atoms with van der Waals surface area (Å²) in [5.74, 6) is -2.49. The Hall–Kier alpha value is -2.74. The Balaban J connectivity index is 2.33. The molecule has 0 aliphatic heterocycles. The molecule has 1 N–H and O–H groups in total. The molecular formula is C14H9FO6S. The molecule has 0 bridgehead atoms. The monoisotopic (exact) mass is 324 g/mol. The number of carbonyl (C=O) groups is 2. The normalized spacial score (nSPS) is 11.0. The molecule has 2 aromatic carbocycles. The fourth-order valence-electron chi connectivity index (χ4n) is 1.67. The number of ether oxygens (including phenoxy) is 1. The zero-order valence-electron chi connectivity index (χ0n) is 10.9. The highest BCUT2D eigenvalue weighted by molar-refractivity contribution is 7.86. The first kappa shape index (κ1) is 15.6. The Morgan fingerprint density at radius 2 is 1.73 bits per heavy atom. The Morgan fingerprint density at radius 3 is 2.36 bits per heavy atom. The van der Waals surface area contributed by atoms with Gasteiger partial charge in [-0.1, -0.05) is 18.2 Å². The predicted octanol–water partition coefficient (Wildman–Crippen LogP) is 2.26. The van der Waals surface area contributed by atoms with Crippen molar-refractivity contribution in [3.8, 4) is 5.75 Å². The lowest BCUT2D eigenvalue weighted by Gasteiger charge is -2.07. The third-order valence-corrected chi connectivity index (χ3v) is 3.49. The second-order valence-corrected chi connectivity index (χ2v) is 5.50. The van der Waals surface area contributed by atoms with Crippen LogP contribution in [-0.2, 0) is 10.2 Å². The topological polar surface area (TPSA) is 97.7 Å². The maximum atomic E-state index is 12.9. The molecule has 0 radical (unpaired) electrons. The van der Waals surface area contributed by atoms with Gasteiger partial charge in [-0.2, -0.15) is 8.42 Å². The molecule has 0 aromatic heterocycles. The van der Waals surface area contributed by atoms with Gasteiger partial charge < -0.3 is 9.84 Å². The number of carboxylic acids is 1. The molecule has 0 saturated carbocycles. The van der Waals surface area contributed by atoms with Crippen LogP contribution >= 0.6 is 0 Å². The quantitative estimate of drug-likeness (QED) is 0.526. The lowest BCUT2D eigenvalue weighted by Crippen LogP contribution is -2.12. The van der Waals surface area contributed by atoms with Crippen LogP contribution in [0.4, 0.5) is 3.89 Å². The molecule has 0 aliphatic carbocycles. The van der Waals surface area contributed by atoms with E-state index in [1.807, 2.05) is 0 Å². The van der Waals surface area contributed by atoms with E-state index in [1.165, 1.54) is 36.4 Å². The first-order valence-corrected chi connectivity index (χ1v) is 7.26. The summed E-state index contributed by atoms with van der Waals surface area (Å²) in [5.41, 5.74) is -0.455. The van der Waals surface area contributed by atoms with Gasteiger partial charge in [-0.3, -0.25) is 0 Å². The van der Waals surface area contributed by atoms with Gasteiger partial charge in [-0.25, -0.2) is 9.59 Å². The molecule has 22 heavy (non-hydrogen) atoms. The number of halogens is 1. The summed E-state index contributed by atoms with van der Waals surface area (Å²) in [6.07, 6.45) is 0. The maximum absolute atomic E-state index is 12.9. The molecule has 0 saturated heterocycles. The molecular weight excluding hydrogens is 315 g/mol. The number of aromatic carboxylic acids is 1. The molecule has 0 spiro atoms. The molecule has 0 fully saturated rings. The second-order valence-electron chi connectivity index (χ2n) is 4.16. The van der Waals surface area contributed by atoms with Crippen molar-refractivity contribution in [2.75, 3.05) is 0 Å². The van der Waals surface area contributed by atoms with Gasteiger partial charge in [0.15, 0.2) is 0 Å². The number of hydrogen-bond acceptors (Lipinski definition) is 5. The van der Waals surface area contributed by atoms with E-state index >= 15 is 0 Å². The Morgan fingerprint density at radius 1 is 1.05 bits per heavy atom. The van der Waals surface area contributed by atoms with Gasteiger partial charge in [-0.15, -0.1) is 3.89 Å². The molecule has 0 aliphatic rings. The number of hydrogen-bond donors (Lipinski definition) is 1. The minimum Gasteiger partial charge on any atom is -0.478 e. The molecule has 0 amide bonds. The molecule has 2 rings (SSSR count). The van der Waals surface area contributed by atoms with E-state index in [0.29, 0.717) is 0 Å². The highest BCUT2D eigenvalue weighted by atomic mass is 32.3. The number of carboxylic acid groups (broad SMARTS) is 1. The van der Waals surface area contributed by atoms with E-state index in [0.717, 1.165) is 12.1 Å². The average molecular weight is 324 g/mol. The molecule has 0 unspecified atom stereocenters. The fraction of sp³-hybridized carbons (Fsp3) is 0. The van der Waals surface area contributed by atoms with Gasteiger partial charge in [0.2, 0.25) is 0 Å². The Kier molecular flexibility index (Phi) is 4.22. The van der Waals surface area contributed by atoms with Crippen molar-refractivity contribution in [3.05, 3.63) is 59.7 Å². The number of esters is 1. The van der Waals surface area contributed by atoms with Crippen LogP contribution in [0.5, 0.6) is 5.75 Å². The predicted molar refractivity (Wildman–Crippen MR) is 73.1 cm³/mol. The van der Waals surface area contributed by atoms with Crippen molar-refractivity contribution in [1.29, 1.82) is 0 Å². The third-order valence-electron chi connectivity index (χ3n) is 2.67. The van der Waals surface area contributed by atoms with Crippen molar-refractivity contribution in [3.63, 3.8) is 0 Å². The van der Waals surface area contributed by atoms with E-state index in [4.69, 9.17) is 9.84 Å². The summed E-state index contributed by atoms with van der Waals surface area (Å²) in [4.78, 5) is 22.3. The van der Waals surface area contributed by atoms with Crippen molar-refractivity contribution in [2.24, 2.45) is 0 Å². The summed E-state index contributed by atoms with van der Waals surface area (Å²) in [6.45, 7) is 0. The van der Waals surface area contributed by atoms with Crippen molar-refractivity contribution >= 4 is 22.2 Å². The van der Waals surface area contributed by atoms with E-state index in [9.17, 15) is 21.9 Å². The zero-order valence-corrected chi connectivity index (χ0v) is 11.7. The summed E-state index contributed by atoms with van der Waals surface area (Å²) in [7, 11) is -4.96. The van der Waals surface area contributed by atoms with E-state index in [1.54, 1.807) is 0 Å². The number of carbonyl (C=O) groups excluding carboxylic acids is 1. The lowest BCUT2D eigenvalue weighted by atomic mass is 10.2. The Bertz CT molecular complexity index is 844. The summed E-state index contributed by atoms with van der Waals surface area (Å²) in [6, 6.07) is 9.63. The molecule has 6 nitrogen and oxygen atoms in total. The van der Waals surface area contributed by atoms with Crippen molar-refractivity contribution in [1.82, 2.24) is 0 Å². The molecule has 0 atom stereocenters. The highest BCUT2D eigenvalue weighted by Gasteiger charge is 2.18. The second kappa shape index (κ2) is 5.94. The van der Waals surface area contributed by atoms with Crippen LogP contribution in [0.1, 0.15) is 20.7 Å². The largest absolute Gasteiger partial charge is 0.478 e. The molecule has 0 heterocycles. The summed E-state index contributed by atoms with van der Waals surface area (Å²) >= 11 is 0. The van der Waals surface area contributed by atoms with Crippen LogP contribution in [0.3, 0.4) is 0 Å². The minimum atomic E-state index is -4.96. The summed E-state index contributed by atoms with van der Waals surface area (Å²) in [5, 5.41) is 8.98. The highest BCUT2D eigenvalue weighted by Crippen LogP contribution is 2.20. The minimum absolute atomic E-state index is 0.200. The number of rotatable bonds is 4. The third kappa shape index (κ3) is 3.47. The molecule has 114 valence electrons. The van der Waals surface area contributed by atoms with Gasteiger partial charge in [0.1, 0.15) is 11.3 Å². The molecule has 2 aromatic rings. The number of benzene rings is 2. The number of para-hydroxylation sites is 1. The SMILES string of the molecule is O=C(Oc1ccccc1C(=O)O)c1cccc(S(=O)(=O)F)c1. The van der Waals surface area contributed by atoms with Crippen molar-refractivity contribution < 1.29 is 31.7 Å². The van der Waals surface area contributed by atoms with Crippen LogP contribution < -0.4 is 4.74 Å². The van der Waals surface area contributed by atoms with E-state index in [2.05, 4.69) is 0 Å².